The number of rotatable bonds is 15. The van der Waals surface area contributed by atoms with Crippen molar-refractivity contribution < 1.29 is 49.2 Å². The summed E-state index contributed by atoms with van der Waals surface area (Å²) in [7, 11) is 4.28. The van der Waals surface area contributed by atoms with Gasteiger partial charge in [-0.3, -0.25) is 0 Å². The molecule has 0 aliphatic rings. The van der Waals surface area contributed by atoms with Crippen LogP contribution in [0.2, 0.25) is 0 Å². The molecule has 0 radical (unpaired) electrons. The molecule has 5 N–H and O–H groups in total. The van der Waals surface area contributed by atoms with Crippen molar-refractivity contribution in [3.63, 3.8) is 0 Å². The third-order valence-electron chi connectivity index (χ3n) is 5.18. The van der Waals surface area contributed by atoms with Crippen LogP contribution in [0, 0.1) is 0 Å². The third-order valence-corrected chi connectivity index (χ3v) is 5.18. The predicted octanol–water partition coefficient (Wildman–Crippen LogP) is 0.843. The van der Waals surface area contributed by atoms with Crippen molar-refractivity contribution in [2.75, 3.05) is 47.8 Å². The first kappa shape index (κ1) is 27.5. The van der Waals surface area contributed by atoms with E-state index in [2.05, 4.69) is 0 Å². The first-order chi connectivity index (χ1) is 16.5. The minimum Gasteiger partial charge on any atom is -0.493 e. The standard InChI is InChI=1S/C24H34O10/c1-30-19-9-15(5-4-8-25)6-7-18(19)34-22(14-28)23(29)16-10-20(31-2)24(21(11-16)32-3)33-17(12-26)13-27/h6-7,9-11,17,22-23,25-29H,4-5,8,12-14H2,1-3H3/t22-,23+/m1/s1. The fourth-order valence-corrected chi connectivity index (χ4v) is 3.31. The first-order valence-electron chi connectivity index (χ1n) is 10.8. The largest absolute Gasteiger partial charge is 0.493 e. The SMILES string of the molecule is COc1cc(CCCO)ccc1O[C@H](CO)[C@@H](O)c1cc(OC)c(OC(CO)CO)c(OC)c1. The summed E-state index contributed by atoms with van der Waals surface area (Å²) in [5.41, 5.74) is 1.27. The summed E-state index contributed by atoms with van der Waals surface area (Å²) in [6, 6.07) is 8.28. The minimum atomic E-state index is -1.29. The van der Waals surface area contributed by atoms with Crippen molar-refractivity contribution >= 4 is 0 Å². The van der Waals surface area contributed by atoms with Gasteiger partial charge in [0.05, 0.1) is 41.2 Å². The van der Waals surface area contributed by atoms with Gasteiger partial charge in [-0.2, -0.15) is 0 Å². The van der Waals surface area contributed by atoms with Gasteiger partial charge in [0.25, 0.3) is 0 Å². The second-order valence-electron chi connectivity index (χ2n) is 7.46. The Bertz CT molecular complexity index is 859. The number of aliphatic hydroxyl groups excluding tert-OH is 5. The molecule has 0 saturated heterocycles. The number of hydrogen-bond donors (Lipinski definition) is 5. The molecule has 10 heteroatoms. The van der Waals surface area contributed by atoms with E-state index in [1.54, 1.807) is 12.1 Å². The molecular formula is C24H34O10. The van der Waals surface area contributed by atoms with Gasteiger partial charge in [-0.15, -0.1) is 0 Å². The summed E-state index contributed by atoms with van der Waals surface area (Å²) < 4.78 is 27.6. The van der Waals surface area contributed by atoms with Crippen molar-refractivity contribution in [3.8, 4) is 28.7 Å². The molecular weight excluding hydrogens is 448 g/mol. The van der Waals surface area contributed by atoms with Crippen molar-refractivity contribution in [3.05, 3.63) is 41.5 Å². The van der Waals surface area contributed by atoms with E-state index in [4.69, 9.17) is 28.8 Å². The van der Waals surface area contributed by atoms with E-state index in [9.17, 15) is 20.4 Å². The van der Waals surface area contributed by atoms with Gasteiger partial charge >= 0.3 is 0 Å². The van der Waals surface area contributed by atoms with Gasteiger partial charge in [0, 0.05) is 6.61 Å². The molecule has 0 amide bonds. The molecule has 0 aromatic heterocycles. The number of ether oxygens (including phenoxy) is 5. The van der Waals surface area contributed by atoms with E-state index < -0.39 is 38.1 Å². The molecule has 2 atom stereocenters. The Morgan fingerprint density at radius 2 is 1.35 bits per heavy atom. The zero-order valence-electron chi connectivity index (χ0n) is 19.6. The number of aryl methyl sites for hydroxylation is 1. The van der Waals surface area contributed by atoms with Crippen molar-refractivity contribution in [1.82, 2.24) is 0 Å². The molecule has 34 heavy (non-hydrogen) atoms. The van der Waals surface area contributed by atoms with Crippen LogP contribution in [0.4, 0.5) is 0 Å². The maximum Gasteiger partial charge on any atom is 0.204 e. The molecule has 0 aliphatic carbocycles. The quantitative estimate of drug-likeness (QED) is 0.247. The summed E-state index contributed by atoms with van der Waals surface area (Å²) in [5.74, 6) is 1.31. The number of benzene rings is 2. The summed E-state index contributed by atoms with van der Waals surface area (Å²) >= 11 is 0. The van der Waals surface area contributed by atoms with E-state index in [1.165, 1.54) is 33.5 Å². The Morgan fingerprint density at radius 1 is 0.735 bits per heavy atom. The maximum atomic E-state index is 11.0. The lowest BCUT2D eigenvalue weighted by atomic mass is 10.0. The molecule has 0 heterocycles. The third kappa shape index (κ3) is 6.87. The highest BCUT2D eigenvalue weighted by Crippen LogP contribution is 2.41. The Hall–Kier alpha value is -2.76. The van der Waals surface area contributed by atoms with Crippen molar-refractivity contribution in [2.45, 2.75) is 31.2 Å². The zero-order chi connectivity index (χ0) is 25.1. The Balaban J connectivity index is 2.32. The molecule has 10 nitrogen and oxygen atoms in total. The lowest BCUT2D eigenvalue weighted by Crippen LogP contribution is -2.29. The lowest BCUT2D eigenvalue weighted by molar-refractivity contribution is -0.000723. The molecule has 0 fully saturated rings. The van der Waals surface area contributed by atoms with Gasteiger partial charge in [-0.05, 0) is 48.2 Å². The van der Waals surface area contributed by atoms with Gasteiger partial charge in [0.2, 0.25) is 5.75 Å². The van der Waals surface area contributed by atoms with Crippen LogP contribution in [-0.2, 0) is 6.42 Å². The Morgan fingerprint density at radius 3 is 1.85 bits per heavy atom. The van der Waals surface area contributed by atoms with Gasteiger partial charge in [-0.1, -0.05) is 6.07 Å². The van der Waals surface area contributed by atoms with Crippen LogP contribution in [0.3, 0.4) is 0 Å². The average Bonchev–Trinajstić information content (AvgIpc) is 2.88. The van der Waals surface area contributed by atoms with E-state index in [0.717, 1.165) is 5.56 Å². The molecule has 2 rings (SSSR count). The van der Waals surface area contributed by atoms with Crippen molar-refractivity contribution in [1.29, 1.82) is 0 Å². The van der Waals surface area contributed by atoms with Crippen LogP contribution in [0.25, 0.3) is 0 Å². The molecule has 0 unspecified atom stereocenters. The minimum absolute atomic E-state index is 0.0801. The summed E-state index contributed by atoms with van der Waals surface area (Å²) in [5, 5.41) is 48.6. The summed E-state index contributed by atoms with van der Waals surface area (Å²) in [4.78, 5) is 0. The molecule has 190 valence electrons. The molecule has 0 bridgehead atoms. The second-order valence-corrected chi connectivity index (χ2v) is 7.46. The lowest BCUT2D eigenvalue weighted by Gasteiger charge is -2.26. The number of aliphatic hydroxyl groups is 5. The van der Waals surface area contributed by atoms with Crippen LogP contribution in [0.1, 0.15) is 23.7 Å². The Labute approximate surface area is 198 Å². The fourth-order valence-electron chi connectivity index (χ4n) is 3.31. The van der Waals surface area contributed by atoms with Gasteiger partial charge in [0.1, 0.15) is 12.2 Å². The first-order valence-corrected chi connectivity index (χ1v) is 10.8. The Kier molecular flexibility index (Phi) is 11.2. The zero-order valence-corrected chi connectivity index (χ0v) is 19.6. The van der Waals surface area contributed by atoms with Gasteiger partial charge in [0.15, 0.2) is 29.1 Å². The van der Waals surface area contributed by atoms with Crippen LogP contribution < -0.4 is 23.7 Å². The summed E-state index contributed by atoms with van der Waals surface area (Å²) in [6.45, 7) is -1.27. The monoisotopic (exact) mass is 482 g/mol. The number of methoxy groups -OCH3 is 3. The van der Waals surface area contributed by atoms with Gasteiger partial charge < -0.3 is 49.2 Å². The molecule has 0 aliphatic heterocycles. The average molecular weight is 483 g/mol. The highest BCUT2D eigenvalue weighted by molar-refractivity contribution is 5.54. The second kappa shape index (κ2) is 13.8. The van der Waals surface area contributed by atoms with E-state index >= 15 is 0 Å². The van der Waals surface area contributed by atoms with Crippen LogP contribution >= 0.6 is 0 Å². The highest BCUT2D eigenvalue weighted by atomic mass is 16.6. The topological polar surface area (TPSA) is 147 Å². The van der Waals surface area contributed by atoms with Crippen molar-refractivity contribution in [2.24, 2.45) is 0 Å². The smallest absolute Gasteiger partial charge is 0.204 e. The van der Waals surface area contributed by atoms with Crippen LogP contribution in [-0.4, -0.2) is 85.5 Å². The van der Waals surface area contributed by atoms with Crippen LogP contribution in [0.5, 0.6) is 28.7 Å². The van der Waals surface area contributed by atoms with E-state index in [-0.39, 0.29) is 23.9 Å². The normalized spacial score (nSPS) is 12.9. The molecule has 2 aromatic rings. The fraction of sp³-hybridized carbons (Fsp3) is 0.500. The van der Waals surface area contributed by atoms with E-state index in [0.29, 0.717) is 29.9 Å². The molecule has 0 saturated carbocycles. The highest BCUT2D eigenvalue weighted by Gasteiger charge is 2.27. The van der Waals surface area contributed by atoms with Gasteiger partial charge in [-0.25, -0.2) is 0 Å². The van der Waals surface area contributed by atoms with Crippen LogP contribution in [0.15, 0.2) is 30.3 Å². The number of hydrogen-bond acceptors (Lipinski definition) is 10. The molecule has 2 aromatic carbocycles. The molecule has 0 spiro atoms. The predicted molar refractivity (Wildman–Crippen MR) is 123 cm³/mol. The maximum absolute atomic E-state index is 11.0. The van der Waals surface area contributed by atoms with E-state index in [1.807, 2.05) is 6.07 Å². The summed E-state index contributed by atoms with van der Waals surface area (Å²) in [6.07, 6.45) is -1.95.